The number of carbonyl (C=O) groups excluding carboxylic acids is 2. The molecule has 8 atom stereocenters. The fraction of sp³-hybridized carbons (Fsp3) is 0.538. The largest absolute Gasteiger partial charge is 0.496 e. The summed E-state index contributed by atoms with van der Waals surface area (Å²) in [5, 5.41) is 10.8. The normalized spacial score (nSPS) is 33.0. The number of fused-ring (bicyclic) bond motifs is 9. The van der Waals surface area contributed by atoms with Gasteiger partial charge in [0.25, 0.3) is 0 Å². The number of thiazole rings is 1. The highest BCUT2D eigenvalue weighted by Crippen LogP contribution is 2.69. The average Bonchev–Trinajstić information content (AvgIpc) is 3.56. The number of methoxy groups -OCH3 is 1. The Morgan fingerprint density at radius 1 is 1.17 bits per heavy atom. The summed E-state index contributed by atoms with van der Waals surface area (Å²) in [6, 6.07) is 6.66. The molecule has 2 N–H and O–H groups in total. The second kappa shape index (κ2) is 8.48. The van der Waals surface area contributed by atoms with Crippen LogP contribution in [0.3, 0.4) is 0 Å². The standard InChI is InChI=1S/C26H28N2O6S2/c1-10(2)8-14(25(31)32)28-23(29)18-12-9-13(19(18)24(28)30)20-17(12)16(11-6-4-5-7-15(11)34-3)21-22(35-20)27-26(33)36-21/h4-7,10,12-14,16-20H,8-9H2,1-3H3,(H,27,33)(H,31,32)/t12?,13?,14?,16-,17?,18?,19?,20?/m1/s1. The first kappa shape index (κ1) is 23.8. The maximum absolute atomic E-state index is 13.8. The first-order valence-electron chi connectivity index (χ1n) is 12.3. The Kier molecular flexibility index (Phi) is 5.60. The summed E-state index contributed by atoms with van der Waals surface area (Å²) in [6.07, 6.45) is 1.00. The van der Waals surface area contributed by atoms with E-state index in [2.05, 4.69) is 4.98 Å². The van der Waals surface area contributed by atoms with E-state index in [1.165, 1.54) is 11.3 Å². The van der Waals surface area contributed by atoms with Crippen LogP contribution in [0.15, 0.2) is 34.1 Å². The third kappa shape index (κ3) is 3.26. The quantitative estimate of drug-likeness (QED) is 0.552. The van der Waals surface area contributed by atoms with Gasteiger partial charge in [-0.25, -0.2) is 4.79 Å². The summed E-state index contributed by atoms with van der Waals surface area (Å²) in [6.45, 7) is 3.79. The van der Waals surface area contributed by atoms with Crippen LogP contribution in [0, 0.1) is 35.5 Å². The second-order valence-electron chi connectivity index (χ2n) is 10.7. The number of carbonyl (C=O) groups is 3. The first-order chi connectivity index (χ1) is 17.2. The lowest BCUT2D eigenvalue weighted by atomic mass is 9.68. The zero-order valence-corrected chi connectivity index (χ0v) is 21.8. The van der Waals surface area contributed by atoms with Crippen LogP contribution in [-0.2, 0) is 14.4 Å². The molecule has 2 aliphatic heterocycles. The number of thioether (sulfide) groups is 1. The molecular formula is C26H28N2O6S2. The van der Waals surface area contributed by atoms with Crippen molar-refractivity contribution in [3.05, 3.63) is 44.4 Å². The maximum Gasteiger partial charge on any atom is 0.326 e. The van der Waals surface area contributed by atoms with Crippen molar-refractivity contribution in [2.75, 3.05) is 7.11 Å². The van der Waals surface area contributed by atoms with Crippen LogP contribution in [0.2, 0.25) is 0 Å². The molecule has 2 amide bonds. The maximum atomic E-state index is 13.8. The fourth-order valence-electron chi connectivity index (χ4n) is 7.38. The monoisotopic (exact) mass is 528 g/mol. The van der Waals surface area contributed by atoms with Crippen LogP contribution in [-0.4, -0.2) is 51.2 Å². The number of nitrogens with one attached hydrogen (secondary N) is 1. The van der Waals surface area contributed by atoms with Gasteiger partial charge in [-0.2, -0.15) is 0 Å². The Bertz CT molecular complexity index is 1320. The van der Waals surface area contributed by atoms with Crippen LogP contribution in [0.25, 0.3) is 0 Å². The SMILES string of the molecule is COc1ccccc1[C@H]1c2sc(=O)[nH]c2SC2C3CC(C4C(=O)N(C(CC(C)C)C(=O)O)C(=O)C34)C21. The Balaban J connectivity index is 1.44. The number of hydrogen-bond acceptors (Lipinski definition) is 7. The fourth-order valence-corrected chi connectivity index (χ4v) is 10.3. The molecule has 0 spiro atoms. The Morgan fingerprint density at radius 3 is 2.53 bits per heavy atom. The van der Waals surface area contributed by atoms with Crippen molar-refractivity contribution in [2.24, 2.45) is 35.5 Å². The molecule has 3 fully saturated rings. The van der Waals surface area contributed by atoms with Crippen molar-refractivity contribution in [3.63, 3.8) is 0 Å². The van der Waals surface area contributed by atoms with Gasteiger partial charge in [0.15, 0.2) is 0 Å². The minimum atomic E-state index is -1.13. The smallest absolute Gasteiger partial charge is 0.326 e. The summed E-state index contributed by atoms with van der Waals surface area (Å²) in [5.41, 5.74) is 0.979. The topological polar surface area (TPSA) is 117 Å². The molecule has 6 rings (SSSR count). The van der Waals surface area contributed by atoms with Crippen molar-refractivity contribution < 1.29 is 24.2 Å². The number of rotatable bonds is 6. The molecule has 7 unspecified atom stereocenters. The van der Waals surface area contributed by atoms with E-state index in [0.29, 0.717) is 0 Å². The first-order valence-corrected chi connectivity index (χ1v) is 14.0. The molecule has 8 nitrogen and oxygen atoms in total. The number of nitrogens with zero attached hydrogens (tertiary/aromatic N) is 1. The number of amides is 2. The number of carboxylic acid groups (broad SMARTS) is 1. The number of aromatic nitrogens is 1. The summed E-state index contributed by atoms with van der Waals surface area (Å²) in [4.78, 5) is 56.8. The van der Waals surface area contributed by atoms with Gasteiger partial charge in [-0.3, -0.25) is 19.3 Å². The Morgan fingerprint density at radius 2 is 1.86 bits per heavy atom. The van der Waals surface area contributed by atoms with E-state index in [4.69, 9.17) is 4.74 Å². The summed E-state index contributed by atoms with van der Waals surface area (Å²) >= 11 is 2.82. The minimum Gasteiger partial charge on any atom is -0.496 e. The number of carboxylic acids is 1. The van der Waals surface area contributed by atoms with E-state index in [9.17, 15) is 24.3 Å². The third-order valence-corrected chi connectivity index (χ3v) is 11.1. The number of para-hydroxylation sites is 1. The summed E-state index contributed by atoms with van der Waals surface area (Å²) < 4.78 is 5.70. The molecule has 2 aromatic rings. The molecule has 4 aliphatic rings. The highest BCUT2D eigenvalue weighted by Gasteiger charge is 2.70. The number of H-pyrrole nitrogens is 1. The predicted molar refractivity (Wildman–Crippen MR) is 134 cm³/mol. The van der Waals surface area contributed by atoms with Gasteiger partial charge in [-0.1, -0.05) is 43.4 Å². The lowest BCUT2D eigenvalue weighted by molar-refractivity contribution is -0.156. The van der Waals surface area contributed by atoms with Gasteiger partial charge in [-0.15, -0.1) is 11.8 Å². The molecule has 1 aromatic carbocycles. The van der Waals surface area contributed by atoms with E-state index < -0.39 is 23.8 Å². The van der Waals surface area contributed by atoms with Gasteiger partial charge >= 0.3 is 10.8 Å². The predicted octanol–water partition coefficient (Wildman–Crippen LogP) is 3.42. The van der Waals surface area contributed by atoms with Gasteiger partial charge in [0.1, 0.15) is 11.8 Å². The number of imide groups is 1. The highest BCUT2D eigenvalue weighted by atomic mass is 32.2. The molecular weight excluding hydrogens is 500 g/mol. The highest BCUT2D eigenvalue weighted by molar-refractivity contribution is 8.00. The van der Waals surface area contributed by atoms with Gasteiger partial charge in [0.2, 0.25) is 11.8 Å². The van der Waals surface area contributed by atoms with E-state index in [-0.39, 0.29) is 57.9 Å². The molecule has 2 aliphatic carbocycles. The Labute approximate surface area is 216 Å². The number of hydrogen-bond donors (Lipinski definition) is 2. The molecule has 2 bridgehead atoms. The number of aliphatic carboxylic acids is 1. The molecule has 36 heavy (non-hydrogen) atoms. The molecule has 1 aromatic heterocycles. The molecule has 2 saturated carbocycles. The number of benzene rings is 1. The number of aromatic amines is 1. The molecule has 190 valence electrons. The van der Waals surface area contributed by atoms with Crippen molar-refractivity contribution in [1.29, 1.82) is 0 Å². The lowest BCUT2D eigenvalue weighted by Crippen LogP contribution is -2.47. The zero-order valence-electron chi connectivity index (χ0n) is 20.2. The summed E-state index contributed by atoms with van der Waals surface area (Å²) in [7, 11) is 1.63. The van der Waals surface area contributed by atoms with Crippen molar-refractivity contribution in [3.8, 4) is 5.75 Å². The van der Waals surface area contributed by atoms with Crippen LogP contribution in [0.4, 0.5) is 0 Å². The van der Waals surface area contributed by atoms with Crippen molar-refractivity contribution >= 4 is 40.9 Å². The van der Waals surface area contributed by atoms with Crippen LogP contribution >= 0.6 is 23.1 Å². The average molecular weight is 529 g/mol. The molecule has 0 radical (unpaired) electrons. The van der Waals surface area contributed by atoms with E-state index in [1.54, 1.807) is 18.9 Å². The van der Waals surface area contributed by atoms with Crippen molar-refractivity contribution in [2.45, 2.75) is 48.9 Å². The number of ether oxygens (including phenoxy) is 1. The zero-order chi connectivity index (χ0) is 25.5. The summed E-state index contributed by atoms with van der Waals surface area (Å²) in [5.74, 6) is -2.22. The van der Waals surface area contributed by atoms with E-state index in [1.807, 2.05) is 38.1 Å². The van der Waals surface area contributed by atoms with Crippen LogP contribution in [0.5, 0.6) is 5.75 Å². The molecule has 1 saturated heterocycles. The van der Waals surface area contributed by atoms with Gasteiger partial charge in [-0.05, 0) is 42.6 Å². The van der Waals surface area contributed by atoms with Gasteiger partial charge in [0.05, 0.1) is 24.0 Å². The lowest BCUT2D eigenvalue weighted by Gasteiger charge is -2.43. The third-order valence-electron chi connectivity index (χ3n) is 8.52. The molecule has 10 heteroatoms. The van der Waals surface area contributed by atoms with Crippen LogP contribution in [0.1, 0.15) is 43.0 Å². The second-order valence-corrected chi connectivity index (χ2v) is 12.9. The van der Waals surface area contributed by atoms with E-state index >= 15 is 0 Å². The van der Waals surface area contributed by atoms with E-state index in [0.717, 1.165) is 32.5 Å². The Hall–Kier alpha value is -2.59. The number of likely N-dealkylation sites (tertiary alicyclic amines) is 1. The van der Waals surface area contributed by atoms with Gasteiger partial charge < -0.3 is 14.8 Å². The van der Waals surface area contributed by atoms with Crippen LogP contribution < -0.4 is 9.61 Å². The molecule has 3 heterocycles. The minimum absolute atomic E-state index is 0.0322. The van der Waals surface area contributed by atoms with Crippen molar-refractivity contribution in [1.82, 2.24) is 9.88 Å². The van der Waals surface area contributed by atoms with Gasteiger partial charge in [0, 0.05) is 21.6 Å².